The van der Waals surface area contributed by atoms with Gasteiger partial charge in [-0.3, -0.25) is 4.79 Å². The molecule has 2 aromatic rings. The fourth-order valence-corrected chi connectivity index (χ4v) is 3.48. The second-order valence-corrected chi connectivity index (χ2v) is 7.41. The quantitative estimate of drug-likeness (QED) is 0.546. The van der Waals surface area contributed by atoms with Gasteiger partial charge in [-0.1, -0.05) is 11.8 Å². The highest BCUT2D eigenvalue weighted by molar-refractivity contribution is 6.00. The summed E-state index contributed by atoms with van der Waals surface area (Å²) in [6, 6.07) is 10.1. The summed E-state index contributed by atoms with van der Waals surface area (Å²) in [5.41, 5.74) is -3.68. The van der Waals surface area contributed by atoms with E-state index in [1.807, 2.05) is 0 Å². The van der Waals surface area contributed by atoms with E-state index in [2.05, 4.69) is 22.5 Å². The summed E-state index contributed by atoms with van der Waals surface area (Å²) < 4.78 is 39.8. The van der Waals surface area contributed by atoms with Gasteiger partial charge in [0.2, 0.25) is 5.60 Å². The van der Waals surface area contributed by atoms with Crippen molar-refractivity contribution in [3.63, 3.8) is 0 Å². The summed E-state index contributed by atoms with van der Waals surface area (Å²) in [6.45, 7) is 1.10. The van der Waals surface area contributed by atoms with Crippen LogP contribution in [0.3, 0.4) is 0 Å². The highest BCUT2D eigenvalue weighted by Gasteiger charge is 2.43. The van der Waals surface area contributed by atoms with Crippen molar-refractivity contribution in [1.82, 2.24) is 5.32 Å². The number of piperidine rings is 1. The number of anilines is 1. The van der Waals surface area contributed by atoms with Gasteiger partial charge in [0.15, 0.2) is 0 Å². The zero-order chi connectivity index (χ0) is 23.4. The average Bonchev–Trinajstić information content (AvgIpc) is 2.78. The van der Waals surface area contributed by atoms with E-state index in [1.165, 1.54) is 36.4 Å². The number of benzene rings is 2. The average molecular weight is 443 g/mol. The predicted molar refractivity (Wildman–Crippen MR) is 110 cm³/mol. The number of alkyl halides is 3. The third-order valence-corrected chi connectivity index (χ3v) is 5.24. The highest BCUT2D eigenvalue weighted by Crippen LogP contribution is 2.34. The van der Waals surface area contributed by atoms with Crippen molar-refractivity contribution in [3.8, 4) is 23.7 Å². The summed E-state index contributed by atoms with van der Waals surface area (Å²) in [5.74, 6) is 3.85. The molecule has 1 aliphatic heterocycles. The number of nitrogens with zero attached hydrogens (tertiary/aromatic N) is 1. The Morgan fingerprint density at radius 1 is 1.12 bits per heavy atom. The van der Waals surface area contributed by atoms with Crippen LogP contribution in [0.5, 0.6) is 5.75 Å². The molecule has 9 heteroatoms. The molecular weight excluding hydrogens is 423 g/mol. The fraction of sp³-hybridized carbons (Fsp3) is 0.304. The third kappa shape index (κ3) is 5.20. The molecule has 1 atom stereocenters. The van der Waals surface area contributed by atoms with Crippen molar-refractivity contribution >= 4 is 11.6 Å². The molecule has 3 rings (SSSR count). The number of nitrogens with one attached hydrogen (secondary N) is 2. The van der Waals surface area contributed by atoms with Gasteiger partial charge in [-0.25, -0.2) is 0 Å². The first kappa shape index (κ1) is 23.1. The smallest absolute Gasteiger partial charge is 0.417 e. The number of rotatable bonds is 3. The molecule has 6 nitrogen and oxygen atoms in total. The lowest BCUT2D eigenvalue weighted by Crippen LogP contribution is -2.51. The lowest BCUT2D eigenvalue weighted by atomic mass is 9.80. The van der Waals surface area contributed by atoms with E-state index in [4.69, 9.17) is 5.26 Å². The monoisotopic (exact) mass is 443 g/mol. The first-order valence-corrected chi connectivity index (χ1v) is 9.81. The third-order valence-electron chi connectivity index (χ3n) is 5.24. The number of aliphatic hydroxyl groups is 1. The van der Waals surface area contributed by atoms with E-state index in [0.717, 1.165) is 6.07 Å². The molecule has 0 bridgehead atoms. The molecule has 1 fully saturated rings. The molecular formula is C23H20F3N3O3. The Bertz CT molecular complexity index is 1090. The Kier molecular flexibility index (Phi) is 6.73. The highest BCUT2D eigenvalue weighted by atomic mass is 19.4. The number of phenols is 1. The molecule has 0 radical (unpaired) electrons. The van der Waals surface area contributed by atoms with Crippen LogP contribution in [0.4, 0.5) is 18.9 Å². The SMILES string of the molecule is N#Cc1ccc(NC(=O)C(O)(C#Cc2ccc(O)cc2)C2CCNCC2)cc1C(F)(F)F. The maximum atomic E-state index is 13.3. The van der Waals surface area contributed by atoms with Crippen LogP contribution in [0.1, 0.15) is 29.5 Å². The van der Waals surface area contributed by atoms with E-state index < -0.39 is 34.7 Å². The number of hydrogen-bond donors (Lipinski definition) is 4. The molecule has 32 heavy (non-hydrogen) atoms. The first-order valence-electron chi connectivity index (χ1n) is 9.81. The molecule has 1 saturated heterocycles. The van der Waals surface area contributed by atoms with Gasteiger partial charge in [0.25, 0.3) is 5.91 Å². The Hall–Kier alpha value is -3.53. The van der Waals surface area contributed by atoms with Crippen LogP contribution in [0.15, 0.2) is 42.5 Å². The summed E-state index contributed by atoms with van der Waals surface area (Å²) in [6.07, 6.45) is -3.90. The molecule has 1 unspecified atom stereocenters. The van der Waals surface area contributed by atoms with Gasteiger partial charge in [0, 0.05) is 17.2 Å². The Balaban J connectivity index is 1.94. The summed E-state index contributed by atoms with van der Waals surface area (Å²) in [4.78, 5) is 13.1. The first-order chi connectivity index (χ1) is 15.1. The molecule has 2 aromatic carbocycles. The predicted octanol–water partition coefficient (Wildman–Crippen LogP) is 3.00. The van der Waals surface area contributed by atoms with E-state index >= 15 is 0 Å². The molecule has 0 aliphatic carbocycles. The number of phenolic OH excluding ortho intramolecular Hbond substituents is 1. The van der Waals surface area contributed by atoms with Gasteiger partial charge in [0.05, 0.1) is 17.2 Å². The lowest BCUT2D eigenvalue weighted by Gasteiger charge is -2.33. The zero-order valence-electron chi connectivity index (χ0n) is 16.8. The normalized spacial score (nSPS) is 16.2. The molecule has 0 spiro atoms. The number of aromatic hydroxyl groups is 1. The minimum absolute atomic E-state index is 0.0307. The van der Waals surface area contributed by atoms with Gasteiger partial charge >= 0.3 is 6.18 Å². The van der Waals surface area contributed by atoms with Gasteiger partial charge in [-0.2, -0.15) is 18.4 Å². The molecule has 1 heterocycles. The van der Waals surface area contributed by atoms with E-state index in [-0.39, 0.29) is 11.4 Å². The van der Waals surface area contributed by atoms with Gasteiger partial charge in [0.1, 0.15) is 5.75 Å². The zero-order valence-corrected chi connectivity index (χ0v) is 16.8. The minimum Gasteiger partial charge on any atom is -0.508 e. The number of carbonyl (C=O) groups excluding carboxylic acids is 1. The number of halogens is 3. The summed E-state index contributed by atoms with van der Waals surface area (Å²) >= 11 is 0. The Morgan fingerprint density at radius 2 is 1.78 bits per heavy atom. The Labute approximate surface area is 182 Å². The van der Waals surface area contributed by atoms with Gasteiger partial charge in [-0.15, -0.1) is 0 Å². The van der Waals surface area contributed by atoms with E-state index in [0.29, 0.717) is 37.6 Å². The number of hydrogen-bond acceptors (Lipinski definition) is 5. The van der Waals surface area contributed by atoms with Crippen LogP contribution >= 0.6 is 0 Å². The molecule has 4 N–H and O–H groups in total. The topological polar surface area (TPSA) is 105 Å². The van der Waals surface area contributed by atoms with Crippen LogP contribution in [0.25, 0.3) is 0 Å². The maximum absolute atomic E-state index is 13.3. The van der Waals surface area contributed by atoms with E-state index in [1.54, 1.807) is 0 Å². The van der Waals surface area contributed by atoms with Crippen molar-refractivity contribution in [1.29, 1.82) is 5.26 Å². The standard InChI is InChI=1S/C23H20F3N3O3/c24-23(25,26)20-13-18(4-3-16(20)14-27)29-21(31)22(32,17-8-11-28-12-9-17)10-7-15-1-5-19(30)6-2-15/h1-6,13,17,28,30,32H,8-9,11-12H2,(H,29,31). The largest absolute Gasteiger partial charge is 0.508 e. The lowest BCUT2D eigenvalue weighted by molar-refractivity contribution is -0.138. The number of carbonyl (C=O) groups is 1. The minimum atomic E-state index is -4.78. The van der Waals surface area contributed by atoms with E-state index in [9.17, 15) is 28.2 Å². The van der Waals surface area contributed by atoms with Crippen molar-refractivity contribution in [3.05, 3.63) is 59.2 Å². The molecule has 1 aliphatic rings. The molecule has 166 valence electrons. The van der Waals surface area contributed by atoms with Crippen molar-refractivity contribution in [2.24, 2.45) is 5.92 Å². The van der Waals surface area contributed by atoms with Crippen molar-refractivity contribution in [2.75, 3.05) is 18.4 Å². The second-order valence-electron chi connectivity index (χ2n) is 7.41. The summed E-state index contributed by atoms with van der Waals surface area (Å²) in [7, 11) is 0. The van der Waals surface area contributed by atoms with Crippen molar-refractivity contribution < 1.29 is 28.2 Å². The maximum Gasteiger partial charge on any atom is 0.417 e. The van der Waals surface area contributed by atoms with Crippen LogP contribution in [0, 0.1) is 29.1 Å². The van der Waals surface area contributed by atoms with Gasteiger partial charge in [-0.05, 0) is 68.4 Å². The fourth-order valence-electron chi connectivity index (χ4n) is 3.48. The summed E-state index contributed by atoms with van der Waals surface area (Å²) in [5, 5.41) is 35.0. The molecule has 0 saturated carbocycles. The Morgan fingerprint density at radius 3 is 2.38 bits per heavy atom. The molecule has 0 aromatic heterocycles. The van der Waals surface area contributed by atoms with Crippen LogP contribution in [0.2, 0.25) is 0 Å². The molecule has 1 amide bonds. The number of amides is 1. The van der Waals surface area contributed by atoms with Crippen molar-refractivity contribution in [2.45, 2.75) is 24.6 Å². The van der Waals surface area contributed by atoms with Crippen LogP contribution in [-0.2, 0) is 11.0 Å². The van der Waals surface area contributed by atoms with Crippen LogP contribution < -0.4 is 10.6 Å². The second kappa shape index (κ2) is 9.31. The van der Waals surface area contributed by atoms with Crippen LogP contribution in [-0.4, -0.2) is 34.8 Å². The van der Waals surface area contributed by atoms with Gasteiger partial charge < -0.3 is 20.8 Å². The number of nitriles is 1.